The quantitative estimate of drug-likeness (QED) is 0.596. The maximum Gasteiger partial charge on any atom is 0.356 e. The highest BCUT2D eigenvalue weighted by atomic mass is 35.5. The zero-order chi connectivity index (χ0) is 8.72. The van der Waals surface area contributed by atoms with E-state index < -0.39 is 0 Å². The van der Waals surface area contributed by atoms with Crippen molar-refractivity contribution in [2.75, 3.05) is 0 Å². The fourth-order valence-corrected chi connectivity index (χ4v) is 1.37. The molecule has 0 atom stereocenters. The van der Waals surface area contributed by atoms with Crippen LogP contribution in [0.3, 0.4) is 0 Å². The van der Waals surface area contributed by atoms with Gasteiger partial charge in [0.05, 0.1) is 0 Å². The molecule has 62 valence electrons. The van der Waals surface area contributed by atoms with Gasteiger partial charge in [-0.1, -0.05) is 21.2 Å². The minimum atomic E-state index is 0.301. The first kappa shape index (κ1) is 7.76. The van der Waals surface area contributed by atoms with Crippen LogP contribution in [0.25, 0.3) is 5.65 Å². The largest absolute Gasteiger partial charge is 0.356 e. The van der Waals surface area contributed by atoms with E-state index in [9.17, 15) is 0 Å². The Morgan fingerprint density at radius 1 is 1.42 bits per heavy atom. The second-order valence-corrected chi connectivity index (χ2v) is 3.04. The fourth-order valence-electron chi connectivity index (χ4n) is 0.992. The van der Waals surface area contributed by atoms with E-state index in [0.29, 0.717) is 10.4 Å². The summed E-state index contributed by atoms with van der Waals surface area (Å²) >= 11 is 11.4. The van der Waals surface area contributed by atoms with Crippen LogP contribution >= 0.6 is 23.2 Å². The Labute approximate surface area is 78.3 Å². The highest BCUT2D eigenvalue weighted by molar-refractivity contribution is 6.29. The molecule has 2 aromatic heterocycles. The van der Waals surface area contributed by atoms with Gasteiger partial charge in [-0.25, -0.2) is 0 Å². The van der Waals surface area contributed by atoms with Gasteiger partial charge >= 0.3 is 10.9 Å². The molecule has 0 saturated heterocycles. The van der Waals surface area contributed by atoms with E-state index in [1.54, 1.807) is 23.9 Å². The Hall–Kier alpha value is -0.870. The minimum absolute atomic E-state index is 0.301. The van der Waals surface area contributed by atoms with Crippen LogP contribution in [-0.4, -0.2) is 14.7 Å². The lowest BCUT2D eigenvalue weighted by Gasteiger charge is -1.84. The highest BCUT2D eigenvalue weighted by Gasteiger charge is 2.15. The molecule has 0 aliphatic carbocycles. The maximum atomic E-state index is 5.76. The van der Waals surface area contributed by atoms with Crippen LogP contribution in [0.4, 0.5) is 0 Å². The molecule has 2 aromatic rings. The molecule has 0 aliphatic rings. The molecule has 0 radical (unpaired) electrons. The van der Waals surface area contributed by atoms with Crippen LogP contribution < -0.4 is 4.68 Å². The van der Waals surface area contributed by atoms with Gasteiger partial charge in [0.2, 0.25) is 0 Å². The number of rotatable bonds is 0. The van der Waals surface area contributed by atoms with Crippen LogP contribution in [0.15, 0.2) is 12.1 Å². The summed E-state index contributed by atoms with van der Waals surface area (Å²) in [6.45, 7) is 0. The Kier molecular flexibility index (Phi) is 1.66. The third-order valence-electron chi connectivity index (χ3n) is 1.52. The van der Waals surface area contributed by atoms with Gasteiger partial charge < -0.3 is 0 Å². The van der Waals surface area contributed by atoms with Crippen LogP contribution in [0.5, 0.6) is 0 Å². The van der Waals surface area contributed by atoms with Crippen molar-refractivity contribution in [1.29, 1.82) is 0 Å². The smallest absolute Gasteiger partial charge is 0.130 e. The second-order valence-electron chi connectivity index (χ2n) is 2.32. The summed E-state index contributed by atoms with van der Waals surface area (Å²) in [5.74, 6) is 0. The van der Waals surface area contributed by atoms with Crippen molar-refractivity contribution in [3.63, 3.8) is 0 Å². The standard InChI is InChI=1S/C6H5Cl2N4/c1-11-5-3-2-4(7)9-12(5)6(8)10-11/h2-3H,1H3/q+1. The fraction of sp³-hybridized carbons (Fsp3) is 0.167. The molecule has 0 aliphatic heterocycles. The summed E-state index contributed by atoms with van der Waals surface area (Å²) in [6.07, 6.45) is 0. The predicted octanol–water partition coefficient (Wildman–Crippen LogP) is 0.861. The number of nitrogens with zero attached hydrogens (tertiary/aromatic N) is 4. The number of halogens is 2. The summed E-state index contributed by atoms with van der Waals surface area (Å²) in [5.41, 5.74) is 0.796. The molecule has 6 heteroatoms. The number of aromatic nitrogens is 4. The monoisotopic (exact) mass is 203 g/mol. The first-order valence-electron chi connectivity index (χ1n) is 3.25. The van der Waals surface area contributed by atoms with Gasteiger partial charge in [0.1, 0.15) is 7.05 Å². The van der Waals surface area contributed by atoms with Crippen molar-refractivity contribution >= 4 is 28.8 Å². The van der Waals surface area contributed by atoms with E-state index in [4.69, 9.17) is 23.2 Å². The number of fused-ring (bicyclic) bond motifs is 1. The lowest BCUT2D eigenvalue weighted by molar-refractivity contribution is -0.703. The van der Waals surface area contributed by atoms with Crippen molar-refractivity contribution < 1.29 is 4.68 Å². The lowest BCUT2D eigenvalue weighted by atomic mass is 10.5. The zero-order valence-corrected chi connectivity index (χ0v) is 7.71. The Morgan fingerprint density at radius 2 is 2.17 bits per heavy atom. The van der Waals surface area contributed by atoms with Gasteiger partial charge in [-0.15, -0.1) is 4.68 Å². The van der Waals surface area contributed by atoms with Gasteiger partial charge in [0, 0.05) is 6.07 Å². The Bertz CT molecular complexity index is 436. The van der Waals surface area contributed by atoms with Gasteiger partial charge in [-0.2, -0.15) is 0 Å². The van der Waals surface area contributed by atoms with Crippen molar-refractivity contribution in [1.82, 2.24) is 14.7 Å². The molecule has 0 aromatic carbocycles. The Balaban J connectivity index is 2.90. The first-order valence-corrected chi connectivity index (χ1v) is 4.01. The highest BCUT2D eigenvalue weighted by Crippen LogP contribution is 2.08. The van der Waals surface area contributed by atoms with Gasteiger partial charge in [-0.05, 0) is 22.8 Å². The van der Waals surface area contributed by atoms with Crippen LogP contribution in [0.2, 0.25) is 10.4 Å². The third kappa shape index (κ3) is 1.04. The molecule has 4 nitrogen and oxygen atoms in total. The molecule has 0 fully saturated rings. The Morgan fingerprint density at radius 3 is 2.92 bits per heavy atom. The molecule has 0 spiro atoms. The maximum absolute atomic E-state index is 5.76. The summed E-state index contributed by atoms with van der Waals surface area (Å²) in [4.78, 5) is 0. The summed E-state index contributed by atoms with van der Waals surface area (Å²) < 4.78 is 3.11. The molecule has 12 heavy (non-hydrogen) atoms. The lowest BCUT2D eigenvalue weighted by Crippen LogP contribution is -2.30. The van der Waals surface area contributed by atoms with Gasteiger partial charge in [0.15, 0.2) is 5.15 Å². The summed E-state index contributed by atoms with van der Waals surface area (Å²) in [7, 11) is 1.79. The van der Waals surface area contributed by atoms with E-state index in [1.165, 1.54) is 4.52 Å². The van der Waals surface area contributed by atoms with Crippen LogP contribution in [-0.2, 0) is 7.05 Å². The molecular weight excluding hydrogens is 199 g/mol. The van der Waals surface area contributed by atoms with Gasteiger partial charge in [-0.3, -0.25) is 0 Å². The number of hydrogen-bond acceptors (Lipinski definition) is 2. The van der Waals surface area contributed by atoms with Crippen molar-refractivity contribution in [2.24, 2.45) is 7.05 Å². The molecule has 0 N–H and O–H groups in total. The van der Waals surface area contributed by atoms with E-state index >= 15 is 0 Å². The number of hydrogen-bond donors (Lipinski definition) is 0. The molecule has 2 heterocycles. The average Bonchev–Trinajstić information content (AvgIpc) is 2.28. The van der Waals surface area contributed by atoms with Crippen LogP contribution in [0, 0.1) is 0 Å². The molecular formula is C6H5Cl2N4+. The normalized spacial score (nSPS) is 10.9. The first-order chi connectivity index (χ1) is 5.68. The summed E-state index contributed by atoms with van der Waals surface area (Å²) in [5, 5.41) is 8.61. The van der Waals surface area contributed by atoms with Crippen molar-refractivity contribution in [3.05, 3.63) is 22.6 Å². The molecule has 0 amide bonds. The topological polar surface area (TPSA) is 34.1 Å². The molecule has 2 rings (SSSR count). The van der Waals surface area contributed by atoms with Crippen molar-refractivity contribution in [3.8, 4) is 0 Å². The van der Waals surface area contributed by atoms with E-state index in [0.717, 1.165) is 5.65 Å². The van der Waals surface area contributed by atoms with Gasteiger partial charge in [0.25, 0.3) is 0 Å². The minimum Gasteiger partial charge on any atom is -0.130 e. The van der Waals surface area contributed by atoms with E-state index in [1.807, 2.05) is 0 Å². The van der Waals surface area contributed by atoms with E-state index in [-0.39, 0.29) is 0 Å². The SMILES string of the molecule is C[n+]1nc(Cl)n2nc(Cl)ccc21. The molecule has 0 saturated carbocycles. The second kappa shape index (κ2) is 2.57. The molecule has 0 bridgehead atoms. The average molecular weight is 204 g/mol. The third-order valence-corrected chi connectivity index (χ3v) is 1.96. The van der Waals surface area contributed by atoms with Crippen molar-refractivity contribution in [2.45, 2.75) is 0 Å². The van der Waals surface area contributed by atoms with Crippen LogP contribution in [0.1, 0.15) is 0 Å². The predicted molar refractivity (Wildman–Crippen MR) is 44.2 cm³/mol. The number of aryl methyl sites for hydroxylation is 1. The zero-order valence-electron chi connectivity index (χ0n) is 6.20. The molecule has 0 unspecified atom stereocenters. The summed E-state index contributed by atoms with van der Waals surface area (Å²) in [6, 6.07) is 3.49. The van der Waals surface area contributed by atoms with E-state index in [2.05, 4.69) is 10.2 Å².